The molecule has 0 bridgehead atoms. The van der Waals surface area contributed by atoms with E-state index in [-0.39, 0.29) is 0 Å². The molecule has 2 rings (SSSR count). The van der Waals surface area contributed by atoms with Gasteiger partial charge in [-0.1, -0.05) is 38.1 Å². The largest absolute Gasteiger partial charge is 0.496 e. The Morgan fingerprint density at radius 3 is 2.70 bits per heavy atom. The topological polar surface area (TPSA) is 12.5 Å². The van der Waals surface area contributed by atoms with Gasteiger partial charge in [-0.25, -0.2) is 0 Å². The number of nitrogens with zero attached hydrogens (tertiary/aromatic N) is 1. The fourth-order valence-corrected chi connectivity index (χ4v) is 2.79. The minimum Gasteiger partial charge on any atom is -0.496 e. The van der Waals surface area contributed by atoms with Gasteiger partial charge in [0, 0.05) is 18.7 Å². The Hall–Kier alpha value is -1.28. The minimum atomic E-state index is 0.819. The van der Waals surface area contributed by atoms with Gasteiger partial charge in [0.2, 0.25) is 0 Å². The van der Waals surface area contributed by atoms with Crippen molar-refractivity contribution in [2.75, 3.05) is 26.7 Å². The third kappa shape index (κ3) is 4.11. The standard InChI is InChI=1S/C18H27NO/c1-15(2)7-6-12-19-13-10-16(11-14-19)17-8-4-5-9-18(17)20-3/h4-5,8-10,15H,6-7,11-14H2,1-3H3. The van der Waals surface area contributed by atoms with Gasteiger partial charge in [-0.15, -0.1) is 0 Å². The van der Waals surface area contributed by atoms with E-state index in [9.17, 15) is 0 Å². The second-order valence-electron chi connectivity index (χ2n) is 6.02. The molecule has 0 atom stereocenters. The van der Waals surface area contributed by atoms with Gasteiger partial charge in [0.15, 0.2) is 0 Å². The summed E-state index contributed by atoms with van der Waals surface area (Å²) in [6, 6.07) is 8.34. The monoisotopic (exact) mass is 273 g/mol. The molecule has 20 heavy (non-hydrogen) atoms. The number of methoxy groups -OCH3 is 1. The quantitative estimate of drug-likeness (QED) is 0.769. The zero-order chi connectivity index (χ0) is 14.4. The number of hydrogen-bond donors (Lipinski definition) is 0. The molecule has 1 aliphatic heterocycles. The molecule has 2 nitrogen and oxygen atoms in total. The Balaban J connectivity index is 1.92. The first kappa shape index (κ1) is 15.1. The zero-order valence-corrected chi connectivity index (χ0v) is 13.1. The third-order valence-electron chi connectivity index (χ3n) is 4.00. The predicted molar refractivity (Wildman–Crippen MR) is 86.1 cm³/mol. The van der Waals surface area contributed by atoms with Crippen LogP contribution < -0.4 is 4.74 Å². The Labute approximate surface area is 123 Å². The third-order valence-corrected chi connectivity index (χ3v) is 4.00. The van der Waals surface area contributed by atoms with Crippen LogP contribution in [0.5, 0.6) is 5.75 Å². The number of rotatable bonds is 6. The molecule has 0 saturated carbocycles. The second kappa shape index (κ2) is 7.49. The van der Waals surface area contributed by atoms with E-state index in [1.165, 1.54) is 37.1 Å². The van der Waals surface area contributed by atoms with Gasteiger partial charge in [0.1, 0.15) is 5.75 Å². The molecule has 0 saturated heterocycles. The number of benzene rings is 1. The number of ether oxygens (including phenoxy) is 1. The van der Waals surface area contributed by atoms with Crippen molar-refractivity contribution in [3.8, 4) is 5.75 Å². The lowest BCUT2D eigenvalue weighted by Gasteiger charge is -2.27. The average Bonchev–Trinajstić information content (AvgIpc) is 2.47. The molecule has 0 unspecified atom stereocenters. The van der Waals surface area contributed by atoms with Crippen molar-refractivity contribution in [1.29, 1.82) is 0 Å². The molecule has 0 fully saturated rings. The van der Waals surface area contributed by atoms with Crippen LogP contribution in [0.15, 0.2) is 30.3 Å². The van der Waals surface area contributed by atoms with Crippen molar-refractivity contribution in [1.82, 2.24) is 4.90 Å². The molecule has 1 aromatic rings. The molecule has 0 spiro atoms. The van der Waals surface area contributed by atoms with Crippen molar-refractivity contribution < 1.29 is 4.74 Å². The summed E-state index contributed by atoms with van der Waals surface area (Å²) in [5.74, 6) is 1.81. The highest BCUT2D eigenvalue weighted by molar-refractivity contribution is 5.71. The van der Waals surface area contributed by atoms with Crippen LogP contribution in [0.1, 0.15) is 38.7 Å². The summed E-state index contributed by atoms with van der Waals surface area (Å²) in [6.45, 7) is 8.08. The van der Waals surface area contributed by atoms with Crippen LogP contribution >= 0.6 is 0 Å². The molecule has 2 heteroatoms. The summed E-state index contributed by atoms with van der Waals surface area (Å²) in [5.41, 5.74) is 2.69. The van der Waals surface area contributed by atoms with Crippen molar-refractivity contribution in [2.45, 2.75) is 33.1 Å². The molecular formula is C18H27NO. The Bertz CT molecular complexity index is 450. The maximum atomic E-state index is 5.46. The molecular weight excluding hydrogens is 246 g/mol. The smallest absolute Gasteiger partial charge is 0.126 e. The van der Waals surface area contributed by atoms with Gasteiger partial charge in [0.25, 0.3) is 0 Å². The van der Waals surface area contributed by atoms with Crippen molar-refractivity contribution in [3.05, 3.63) is 35.9 Å². The Kier molecular flexibility index (Phi) is 5.66. The fraction of sp³-hybridized carbons (Fsp3) is 0.556. The fourth-order valence-electron chi connectivity index (χ4n) is 2.79. The van der Waals surface area contributed by atoms with Gasteiger partial charge < -0.3 is 4.74 Å². The van der Waals surface area contributed by atoms with Crippen LogP contribution in [0, 0.1) is 5.92 Å². The van der Waals surface area contributed by atoms with Crippen molar-refractivity contribution >= 4 is 5.57 Å². The highest BCUT2D eigenvalue weighted by Gasteiger charge is 2.15. The highest BCUT2D eigenvalue weighted by atomic mass is 16.5. The van der Waals surface area contributed by atoms with Crippen molar-refractivity contribution in [2.24, 2.45) is 5.92 Å². The molecule has 110 valence electrons. The normalized spacial score (nSPS) is 16.3. The Morgan fingerprint density at radius 1 is 1.25 bits per heavy atom. The molecule has 0 amide bonds. The van der Waals surface area contributed by atoms with E-state index in [2.05, 4.69) is 37.0 Å². The second-order valence-corrected chi connectivity index (χ2v) is 6.02. The molecule has 0 aromatic heterocycles. The predicted octanol–water partition coefficient (Wildman–Crippen LogP) is 4.22. The first-order valence-corrected chi connectivity index (χ1v) is 7.75. The zero-order valence-electron chi connectivity index (χ0n) is 13.1. The summed E-state index contributed by atoms with van der Waals surface area (Å²) in [4.78, 5) is 2.56. The minimum absolute atomic E-state index is 0.819. The molecule has 1 heterocycles. The van der Waals surface area contributed by atoms with E-state index in [1.54, 1.807) is 7.11 Å². The Morgan fingerprint density at radius 2 is 2.05 bits per heavy atom. The first-order chi connectivity index (χ1) is 9.70. The van der Waals surface area contributed by atoms with Crippen LogP contribution in [0.3, 0.4) is 0 Å². The molecule has 1 aliphatic rings. The van der Waals surface area contributed by atoms with E-state index < -0.39 is 0 Å². The summed E-state index contributed by atoms with van der Waals surface area (Å²) in [7, 11) is 1.75. The van der Waals surface area contributed by atoms with Crippen LogP contribution in [0.2, 0.25) is 0 Å². The van der Waals surface area contributed by atoms with Crippen LogP contribution in [-0.2, 0) is 0 Å². The van der Waals surface area contributed by atoms with Gasteiger partial charge in [-0.3, -0.25) is 4.90 Å². The average molecular weight is 273 g/mol. The van der Waals surface area contributed by atoms with E-state index in [0.29, 0.717) is 0 Å². The number of hydrogen-bond acceptors (Lipinski definition) is 2. The maximum absolute atomic E-state index is 5.46. The lowest BCUT2D eigenvalue weighted by atomic mass is 9.98. The van der Waals surface area contributed by atoms with Crippen LogP contribution in [0.4, 0.5) is 0 Å². The van der Waals surface area contributed by atoms with Crippen LogP contribution in [0.25, 0.3) is 5.57 Å². The van der Waals surface area contributed by atoms with Crippen molar-refractivity contribution in [3.63, 3.8) is 0 Å². The van der Waals surface area contributed by atoms with Gasteiger partial charge in [-0.05, 0) is 43.4 Å². The van der Waals surface area contributed by atoms with E-state index >= 15 is 0 Å². The van der Waals surface area contributed by atoms with E-state index in [1.807, 2.05) is 12.1 Å². The van der Waals surface area contributed by atoms with E-state index in [0.717, 1.165) is 24.6 Å². The molecule has 0 aliphatic carbocycles. The first-order valence-electron chi connectivity index (χ1n) is 7.75. The summed E-state index contributed by atoms with van der Waals surface area (Å²) >= 11 is 0. The molecule has 0 radical (unpaired) electrons. The number of para-hydroxylation sites is 1. The highest BCUT2D eigenvalue weighted by Crippen LogP contribution is 2.29. The summed E-state index contributed by atoms with van der Waals surface area (Å²) in [6.07, 6.45) is 6.15. The van der Waals surface area contributed by atoms with Crippen LogP contribution in [-0.4, -0.2) is 31.6 Å². The summed E-state index contributed by atoms with van der Waals surface area (Å²) in [5, 5.41) is 0. The maximum Gasteiger partial charge on any atom is 0.126 e. The summed E-state index contributed by atoms with van der Waals surface area (Å²) < 4.78 is 5.46. The van der Waals surface area contributed by atoms with Gasteiger partial charge in [0.05, 0.1) is 7.11 Å². The van der Waals surface area contributed by atoms with Gasteiger partial charge in [-0.2, -0.15) is 0 Å². The van der Waals surface area contributed by atoms with E-state index in [4.69, 9.17) is 4.74 Å². The lowest BCUT2D eigenvalue weighted by molar-refractivity contribution is 0.288. The lowest BCUT2D eigenvalue weighted by Crippen LogP contribution is -2.29. The molecule has 0 N–H and O–H groups in total. The SMILES string of the molecule is COc1ccccc1C1=CCN(CCCC(C)C)CC1. The molecule has 1 aromatic carbocycles. The van der Waals surface area contributed by atoms with Gasteiger partial charge >= 0.3 is 0 Å².